The number of hydrogen-bond acceptors (Lipinski definition) is 5. The minimum Gasteiger partial charge on any atom is -0.448 e. The van der Waals surface area contributed by atoms with Gasteiger partial charge in [0.05, 0.1) is 9.86 Å². The van der Waals surface area contributed by atoms with E-state index in [0.29, 0.717) is 17.6 Å². The van der Waals surface area contributed by atoms with E-state index in [-0.39, 0.29) is 22.5 Å². The summed E-state index contributed by atoms with van der Waals surface area (Å²) in [5, 5.41) is -0.155. The number of halogens is 4. The number of amides is 1. The summed E-state index contributed by atoms with van der Waals surface area (Å²) in [4.78, 5) is 26.3. The number of nitrogens with zero attached hydrogens (tertiary/aromatic N) is 1. The molecule has 0 saturated carbocycles. The lowest BCUT2D eigenvalue weighted by Crippen LogP contribution is -2.33. The minimum absolute atomic E-state index is 0.0180. The summed E-state index contributed by atoms with van der Waals surface area (Å²) in [6.45, 7) is 4.30. The van der Waals surface area contributed by atoms with Crippen molar-refractivity contribution in [1.29, 1.82) is 0 Å². The molecule has 0 aliphatic carbocycles. The summed E-state index contributed by atoms with van der Waals surface area (Å²) in [6, 6.07) is 9.74. The van der Waals surface area contributed by atoms with E-state index in [1.807, 2.05) is 0 Å². The molecule has 0 aliphatic heterocycles. The molecule has 0 radical (unpaired) electrons. The molecular formula is C21H17BrF3NO5. The molecule has 6 nitrogen and oxygen atoms in total. The summed E-state index contributed by atoms with van der Waals surface area (Å²) in [7, 11) is 0. The van der Waals surface area contributed by atoms with Crippen LogP contribution in [0, 0.1) is 0 Å². The highest BCUT2D eigenvalue weighted by atomic mass is 79.9. The van der Waals surface area contributed by atoms with Crippen LogP contribution in [0.3, 0.4) is 0 Å². The quantitative estimate of drug-likeness (QED) is 0.417. The maximum Gasteiger partial charge on any atom is 0.453 e. The topological polar surface area (TPSA) is 69.0 Å². The van der Waals surface area contributed by atoms with Crippen molar-refractivity contribution in [2.75, 3.05) is 13.1 Å². The predicted molar refractivity (Wildman–Crippen MR) is 111 cm³/mol. The zero-order chi connectivity index (χ0) is 22.8. The first kappa shape index (κ1) is 22.7. The van der Waals surface area contributed by atoms with Crippen molar-refractivity contribution in [3.8, 4) is 17.2 Å². The number of carbonyl (C=O) groups is 1. The van der Waals surface area contributed by atoms with Gasteiger partial charge in [0.25, 0.3) is 5.76 Å². The lowest BCUT2D eigenvalue weighted by Gasteiger charge is -2.18. The van der Waals surface area contributed by atoms with Gasteiger partial charge in [0.15, 0.2) is 0 Å². The number of para-hydroxylation sites is 1. The van der Waals surface area contributed by atoms with Gasteiger partial charge in [-0.3, -0.25) is 4.79 Å². The first-order valence-electron chi connectivity index (χ1n) is 9.22. The molecule has 0 saturated heterocycles. The van der Waals surface area contributed by atoms with Crippen molar-refractivity contribution in [2.45, 2.75) is 20.0 Å². The molecule has 0 bridgehead atoms. The van der Waals surface area contributed by atoms with Crippen molar-refractivity contribution < 1.29 is 31.9 Å². The highest BCUT2D eigenvalue weighted by Gasteiger charge is 2.40. The average molecular weight is 500 g/mol. The molecule has 3 aromatic rings. The van der Waals surface area contributed by atoms with Crippen LogP contribution in [-0.4, -0.2) is 24.1 Å². The largest absolute Gasteiger partial charge is 0.453 e. The standard InChI is InChI=1S/C21H17BrF3NO5/c1-3-26(4-2)20(28)29-12-9-10-13-16(11-12)31-19(21(23,24)25)18(17(13)27)30-15-8-6-5-7-14(15)22/h5-11H,3-4H2,1-2H3. The van der Waals surface area contributed by atoms with Crippen LogP contribution < -0.4 is 14.9 Å². The molecule has 0 unspecified atom stereocenters. The van der Waals surface area contributed by atoms with Gasteiger partial charge in [0, 0.05) is 19.2 Å². The van der Waals surface area contributed by atoms with Gasteiger partial charge in [-0.2, -0.15) is 13.2 Å². The molecule has 1 aromatic heterocycles. The van der Waals surface area contributed by atoms with Crippen LogP contribution in [0.25, 0.3) is 11.0 Å². The number of carbonyl (C=O) groups excluding carboxylic acids is 1. The van der Waals surface area contributed by atoms with Gasteiger partial charge in [-0.1, -0.05) is 12.1 Å². The lowest BCUT2D eigenvalue weighted by molar-refractivity contribution is -0.154. The zero-order valence-electron chi connectivity index (χ0n) is 16.5. The third-order valence-electron chi connectivity index (χ3n) is 4.36. The van der Waals surface area contributed by atoms with E-state index in [9.17, 15) is 22.8 Å². The smallest absolute Gasteiger partial charge is 0.448 e. The van der Waals surface area contributed by atoms with Gasteiger partial charge in [-0.25, -0.2) is 4.79 Å². The Morgan fingerprint density at radius 3 is 2.42 bits per heavy atom. The molecule has 1 amide bonds. The van der Waals surface area contributed by atoms with Gasteiger partial charge in [0.2, 0.25) is 11.2 Å². The van der Waals surface area contributed by atoms with Crippen LogP contribution >= 0.6 is 15.9 Å². The van der Waals surface area contributed by atoms with E-state index in [1.165, 1.54) is 23.1 Å². The first-order chi connectivity index (χ1) is 14.7. The second kappa shape index (κ2) is 9.01. The molecule has 0 fully saturated rings. The summed E-state index contributed by atoms with van der Waals surface area (Å²) < 4.78 is 56.8. The van der Waals surface area contributed by atoms with Crippen LogP contribution in [-0.2, 0) is 6.18 Å². The second-order valence-electron chi connectivity index (χ2n) is 6.32. The number of hydrogen-bond donors (Lipinski definition) is 0. The Morgan fingerprint density at radius 1 is 1.13 bits per heavy atom. The van der Waals surface area contributed by atoms with Crippen LogP contribution in [0.4, 0.5) is 18.0 Å². The molecule has 0 spiro atoms. The second-order valence-corrected chi connectivity index (χ2v) is 7.17. The Hall–Kier alpha value is -3.01. The van der Waals surface area contributed by atoms with E-state index < -0.39 is 29.2 Å². The van der Waals surface area contributed by atoms with Gasteiger partial charge in [-0.15, -0.1) is 0 Å². The molecule has 31 heavy (non-hydrogen) atoms. The Bertz CT molecular complexity index is 1170. The fraction of sp³-hybridized carbons (Fsp3) is 0.238. The van der Waals surface area contributed by atoms with E-state index in [4.69, 9.17) is 13.9 Å². The third-order valence-corrected chi connectivity index (χ3v) is 5.01. The lowest BCUT2D eigenvalue weighted by atomic mass is 10.2. The van der Waals surface area contributed by atoms with Gasteiger partial charge in [-0.05, 0) is 54.0 Å². The van der Waals surface area contributed by atoms with E-state index in [0.717, 1.165) is 6.07 Å². The monoisotopic (exact) mass is 499 g/mol. The maximum absolute atomic E-state index is 13.7. The normalized spacial score (nSPS) is 11.4. The van der Waals surface area contributed by atoms with E-state index in [1.54, 1.807) is 32.0 Å². The third kappa shape index (κ3) is 4.84. The number of ether oxygens (including phenoxy) is 2. The van der Waals surface area contributed by atoms with E-state index >= 15 is 0 Å². The van der Waals surface area contributed by atoms with Crippen LogP contribution in [0.5, 0.6) is 17.2 Å². The average Bonchev–Trinajstić information content (AvgIpc) is 2.71. The predicted octanol–water partition coefficient (Wildman–Crippen LogP) is 6.21. The molecular weight excluding hydrogens is 483 g/mol. The summed E-state index contributed by atoms with van der Waals surface area (Å²) in [5.74, 6) is -2.61. The Balaban J connectivity index is 2.10. The van der Waals surface area contributed by atoms with Crippen LogP contribution in [0.2, 0.25) is 0 Å². The molecule has 3 rings (SSSR count). The van der Waals surface area contributed by atoms with Gasteiger partial charge >= 0.3 is 12.3 Å². The Kier molecular flexibility index (Phi) is 6.59. The molecule has 1 heterocycles. The van der Waals surface area contributed by atoms with E-state index in [2.05, 4.69) is 15.9 Å². The Morgan fingerprint density at radius 2 is 1.81 bits per heavy atom. The van der Waals surface area contributed by atoms with Gasteiger partial charge in [0.1, 0.15) is 17.1 Å². The fourth-order valence-electron chi connectivity index (χ4n) is 2.78. The van der Waals surface area contributed by atoms with Crippen molar-refractivity contribution in [1.82, 2.24) is 4.90 Å². The maximum atomic E-state index is 13.7. The molecule has 2 aromatic carbocycles. The first-order valence-corrected chi connectivity index (χ1v) is 10.0. The van der Waals surface area contributed by atoms with Crippen molar-refractivity contribution in [3.05, 3.63) is 62.9 Å². The molecule has 0 N–H and O–H groups in total. The van der Waals surface area contributed by atoms with Crippen LogP contribution in [0.1, 0.15) is 19.6 Å². The van der Waals surface area contributed by atoms with Gasteiger partial charge < -0.3 is 18.8 Å². The van der Waals surface area contributed by atoms with Crippen molar-refractivity contribution in [3.63, 3.8) is 0 Å². The minimum atomic E-state index is -5.00. The zero-order valence-corrected chi connectivity index (χ0v) is 18.0. The van der Waals surface area contributed by atoms with Crippen molar-refractivity contribution >= 4 is 33.0 Å². The highest BCUT2D eigenvalue weighted by molar-refractivity contribution is 9.10. The summed E-state index contributed by atoms with van der Waals surface area (Å²) in [6.07, 6.45) is -5.67. The fourth-order valence-corrected chi connectivity index (χ4v) is 3.15. The number of rotatable bonds is 5. The number of fused-ring (bicyclic) bond motifs is 1. The number of benzene rings is 2. The van der Waals surface area contributed by atoms with Crippen LogP contribution in [0.15, 0.2) is 56.1 Å². The number of alkyl halides is 3. The molecule has 0 atom stereocenters. The molecule has 164 valence electrons. The SMILES string of the molecule is CCN(CC)C(=O)Oc1ccc2c(=O)c(Oc3ccccc3Br)c(C(F)(F)F)oc2c1. The summed E-state index contributed by atoms with van der Waals surface area (Å²) >= 11 is 3.17. The molecule has 0 aliphatic rings. The Labute approximate surface area is 183 Å². The van der Waals surface area contributed by atoms with Crippen molar-refractivity contribution in [2.24, 2.45) is 0 Å². The summed E-state index contributed by atoms with van der Waals surface area (Å²) in [5.41, 5.74) is -1.40. The highest BCUT2D eigenvalue weighted by Crippen LogP contribution is 2.39. The molecule has 10 heteroatoms.